The summed E-state index contributed by atoms with van der Waals surface area (Å²) in [5.41, 5.74) is 0.779. The highest BCUT2D eigenvalue weighted by Crippen LogP contribution is 2.16. The van der Waals surface area contributed by atoms with Crippen LogP contribution in [0.5, 0.6) is 0 Å². The van der Waals surface area contributed by atoms with Crippen LogP contribution in [-0.2, 0) is 20.8 Å². The molecule has 25 heavy (non-hydrogen) atoms. The van der Waals surface area contributed by atoms with Crippen molar-refractivity contribution in [3.8, 4) is 0 Å². The highest BCUT2D eigenvalue weighted by atomic mass is 16.4. The Balaban J connectivity index is 2.14. The van der Waals surface area contributed by atoms with Crippen molar-refractivity contribution in [2.45, 2.75) is 24.9 Å². The maximum Gasteiger partial charge on any atom is 0.351 e. The number of aromatic amines is 1. The zero-order chi connectivity index (χ0) is 18.4. The van der Waals surface area contributed by atoms with Crippen LogP contribution in [0.25, 0.3) is 0 Å². The lowest BCUT2D eigenvalue weighted by molar-refractivity contribution is -0.140. The number of hydrogen-bond donors (Lipinski definition) is 5. The molecule has 0 aromatic carbocycles. The van der Waals surface area contributed by atoms with E-state index in [1.54, 1.807) is 0 Å². The molecule has 0 fully saturated rings. The van der Waals surface area contributed by atoms with Crippen molar-refractivity contribution < 1.29 is 29.7 Å². The lowest BCUT2D eigenvalue weighted by Crippen LogP contribution is -2.41. The van der Waals surface area contributed by atoms with E-state index < -0.39 is 30.0 Å². The molecular formula is C15H16N4O6. The van der Waals surface area contributed by atoms with Crippen LogP contribution in [0, 0.1) is 0 Å². The topological polar surface area (TPSA) is 165 Å². The lowest BCUT2D eigenvalue weighted by atomic mass is 10.00. The Morgan fingerprint density at radius 2 is 2.12 bits per heavy atom. The Labute approximate surface area is 141 Å². The minimum absolute atomic E-state index is 0.0520. The van der Waals surface area contributed by atoms with Crippen molar-refractivity contribution in [3.63, 3.8) is 0 Å². The van der Waals surface area contributed by atoms with Gasteiger partial charge in [0.2, 0.25) is 0 Å². The summed E-state index contributed by atoms with van der Waals surface area (Å²) in [7, 11) is 0. The van der Waals surface area contributed by atoms with Crippen LogP contribution in [0.15, 0.2) is 40.9 Å². The number of hydrogen-bond acceptors (Lipinski definition) is 6. The number of allylic oxidation sites excluding steroid dienone is 2. The van der Waals surface area contributed by atoms with Gasteiger partial charge in [0.25, 0.3) is 0 Å². The van der Waals surface area contributed by atoms with E-state index in [-0.39, 0.29) is 18.5 Å². The minimum atomic E-state index is -1.28. The van der Waals surface area contributed by atoms with Gasteiger partial charge in [-0.05, 0) is 17.7 Å². The lowest BCUT2D eigenvalue weighted by Gasteiger charge is -2.21. The second kappa shape index (κ2) is 7.90. The molecule has 1 aromatic heterocycles. The van der Waals surface area contributed by atoms with Gasteiger partial charge in [0, 0.05) is 30.9 Å². The number of rotatable bonds is 7. The third-order valence-electron chi connectivity index (χ3n) is 3.44. The number of nitrogens with one attached hydrogen (secondary N) is 2. The van der Waals surface area contributed by atoms with E-state index in [2.05, 4.69) is 20.3 Å². The highest BCUT2D eigenvalue weighted by molar-refractivity contribution is 5.89. The van der Waals surface area contributed by atoms with E-state index in [4.69, 9.17) is 10.2 Å². The number of carboxylic acid groups (broad SMARTS) is 3. The first-order chi connectivity index (χ1) is 11.9. The summed E-state index contributed by atoms with van der Waals surface area (Å²) >= 11 is 0. The molecule has 0 radical (unpaired) electrons. The van der Waals surface area contributed by atoms with E-state index in [0.717, 1.165) is 0 Å². The molecule has 5 N–H and O–H groups in total. The number of carbonyl (C=O) groups is 3. The van der Waals surface area contributed by atoms with Crippen molar-refractivity contribution in [1.29, 1.82) is 0 Å². The molecule has 0 amide bonds. The maximum atomic E-state index is 11.2. The van der Waals surface area contributed by atoms with Gasteiger partial charge in [0.05, 0.1) is 6.33 Å². The van der Waals surface area contributed by atoms with Gasteiger partial charge in [0.1, 0.15) is 11.7 Å². The predicted molar refractivity (Wildman–Crippen MR) is 85.2 cm³/mol. The molecular weight excluding hydrogens is 332 g/mol. The minimum Gasteiger partial charge on any atom is -0.480 e. The van der Waals surface area contributed by atoms with Gasteiger partial charge in [0.15, 0.2) is 6.04 Å². The third-order valence-corrected chi connectivity index (χ3v) is 3.44. The molecule has 0 aliphatic carbocycles. The molecule has 0 bridgehead atoms. The molecule has 1 aliphatic heterocycles. The van der Waals surface area contributed by atoms with Crippen molar-refractivity contribution in [2.24, 2.45) is 4.99 Å². The number of aromatic nitrogens is 2. The summed E-state index contributed by atoms with van der Waals surface area (Å²) in [6.45, 7) is 0. The number of aliphatic imine (C=N–C) groups is 1. The van der Waals surface area contributed by atoms with Crippen LogP contribution in [0.2, 0.25) is 0 Å². The quantitative estimate of drug-likeness (QED) is 0.423. The molecule has 2 heterocycles. The molecule has 10 nitrogen and oxygen atoms in total. The fourth-order valence-electron chi connectivity index (χ4n) is 2.20. The van der Waals surface area contributed by atoms with Crippen LogP contribution in [0.4, 0.5) is 0 Å². The molecule has 1 aliphatic rings. The SMILES string of the molecule is O=C(O)C1=C/C(=C/C=N[C@@H](Cc2cnc[nH]2)C(=O)O)C[C@@H](C(=O)O)N1. The van der Waals surface area contributed by atoms with Crippen LogP contribution >= 0.6 is 0 Å². The van der Waals surface area contributed by atoms with Crippen LogP contribution in [-0.4, -0.2) is 61.5 Å². The Kier molecular flexibility index (Phi) is 5.66. The largest absolute Gasteiger partial charge is 0.480 e. The molecule has 0 spiro atoms. The monoisotopic (exact) mass is 348 g/mol. The normalized spacial score (nSPS) is 20.1. The summed E-state index contributed by atoms with van der Waals surface area (Å²) in [6, 6.07) is -2.12. The number of H-pyrrole nitrogens is 1. The van der Waals surface area contributed by atoms with Gasteiger partial charge in [-0.3, -0.25) is 4.99 Å². The zero-order valence-electron chi connectivity index (χ0n) is 12.9. The summed E-state index contributed by atoms with van der Waals surface area (Å²) < 4.78 is 0. The molecule has 132 valence electrons. The Morgan fingerprint density at radius 3 is 2.68 bits per heavy atom. The molecule has 10 heteroatoms. The number of aliphatic carboxylic acids is 3. The van der Waals surface area contributed by atoms with Crippen LogP contribution < -0.4 is 5.32 Å². The number of imidazole rings is 1. The highest BCUT2D eigenvalue weighted by Gasteiger charge is 2.26. The molecule has 0 saturated carbocycles. The van der Waals surface area contributed by atoms with E-state index in [0.29, 0.717) is 11.3 Å². The smallest absolute Gasteiger partial charge is 0.351 e. The first kappa shape index (κ1) is 17.9. The molecule has 0 saturated heterocycles. The van der Waals surface area contributed by atoms with Crippen molar-refractivity contribution >= 4 is 24.1 Å². The van der Waals surface area contributed by atoms with E-state index in [1.165, 1.54) is 30.9 Å². The fraction of sp³-hybridized carbons (Fsp3) is 0.267. The van der Waals surface area contributed by atoms with Gasteiger partial charge in [-0.25, -0.2) is 19.4 Å². The van der Waals surface area contributed by atoms with Gasteiger partial charge < -0.3 is 25.6 Å². The van der Waals surface area contributed by atoms with E-state index >= 15 is 0 Å². The summed E-state index contributed by atoms with van der Waals surface area (Å²) in [5.74, 6) is -3.59. The van der Waals surface area contributed by atoms with Gasteiger partial charge >= 0.3 is 17.9 Å². The Morgan fingerprint density at radius 1 is 1.36 bits per heavy atom. The third kappa shape index (κ3) is 5.03. The number of nitrogens with zero attached hydrogens (tertiary/aromatic N) is 2. The van der Waals surface area contributed by atoms with Crippen molar-refractivity contribution in [2.75, 3.05) is 0 Å². The fourth-order valence-corrected chi connectivity index (χ4v) is 2.20. The standard InChI is InChI=1S/C15H16N4O6/c20-13(21)10(5-9-6-16-7-18-9)17-2-1-8-3-11(14(22)23)19-12(4-8)15(24)25/h1-3,6-7,10,12,19H,4-5H2,(H,16,18)(H,20,21)(H,22,23)(H,24,25)/b8-1-,17-2?/t10-,12-/m0/s1. The Bertz CT molecular complexity index is 750. The average Bonchev–Trinajstić information content (AvgIpc) is 3.06. The maximum absolute atomic E-state index is 11.2. The number of carboxylic acids is 3. The first-order valence-corrected chi connectivity index (χ1v) is 7.23. The molecule has 1 aromatic rings. The summed E-state index contributed by atoms with van der Waals surface area (Å²) in [6.07, 6.45) is 7.03. The molecule has 2 atom stereocenters. The summed E-state index contributed by atoms with van der Waals surface area (Å²) in [4.78, 5) is 43.9. The summed E-state index contributed by atoms with van der Waals surface area (Å²) in [5, 5.41) is 29.7. The zero-order valence-corrected chi connectivity index (χ0v) is 12.9. The first-order valence-electron chi connectivity index (χ1n) is 7.23. The van der Waals surface area contributed by atoms with E-state index in [1.807, 2.05) is 0 Å². The second-order valence-electron chi connectivity index (χ2n) is 5.28. The van der Waals surface area contributed by atoms with Crippen LogP contribution in [0.1, 0.15) is 12.1 Å². The average molecular weight is 348 g/mol. The van der Waals surface area contributed by atoms with Gasteiger partial charge in [-0.2, -0.15) is 0 Å². The van der Waals surface area contributed by atoms with Crippen LogP contribution in [0.3, 0.4) is 0 Å². The van der Waals surface area contributed by atoms with Gasteiger partial charge in [-0.1, -0.05) is 0 Å². The van der Waals surface area contributed by atoms with Crippen molar-refractivity contribution in [3.05, 3.63) is 41.6 Å². The molecule has 0 unspecified atom stereocenters. The van der Waals surface area contributed by atoms with E-state index in [9.17, 15) is 19.5 Å². The second-order valence-corrected chi connectivity index (χ2v) is 5.28. The predicted octanol–water partition coefficient (Wildman–Crippen LogP) is -0.182. The van der Waals surface area contributed by atoms with Gasteiger partial charge in [-0.15, -0.1) is 0 Å². The molecule has 2 rings (SSSR count). The van der Waals surface area contributed by atoms with Crippen molar-refractivity contribution in [1.82, 2.24) is 15.3 Å². The Hall–Kier alpha value is -3.43.